The Morgan fingerprint density at radius 2 is 2.00 bits per heavy atom. The Morgan fingerprint density at radius 3 is 2.62 bits per heavy atom. The highest BCUT2D eigenvalue weighted by Gasteiger charge is 2.16. The molecule has 16 heavy (non-hydrogen) atoms. The minimum absolute atomic E-state index is 0.0131. The molecule has 1 rings (SSSR count). The van der Waals surface area contributed by atoms with Crippen molar-refractivity contribution in [3.8, 4) is 5.75 Å². The van der Waals surface area contributed by atoms with Crippen LogP contribution in [0.3, 0.4) is 0 Å². The summed E-state index contributed by atoms with van der Waals surface area (Å²) in [6.45, 7) is 2.09. The molecule has 1 N–H and O–H groups in total. The fourth-order valence-electron chi connectivity index (χ4n) is 1.18. The third-order valence-electron chi connectivity index (χ3n) is 2.01. The standard InChI is InChI=1S/C12H14O4/c1-2-7-16-12(15)11(14)8-9-5-3-4-6-10(9)13/h3-6,13H,2,7-8H2,1H3. The number of ether oxygens (including phenoxy) is 1. The van der Waals surface area contributed by atoms with Crippen LogP contribution >= 0.6 is 0 Å². The molecule has 1 aromatic rings. The smallest absolute Gasteiger partial charge is 0.374 e. The number of rotatable bonds is 5. The molecular weight excluding hydrogens is 208 g/mol. The van der Waals surface area contributed by atoms with E-state index >= 15 is 0 Å². The van der Waals surface area contributed by atoms with E-state index in [0.29, 0.717) is 12.0 Å². The van der Waals surface area contributed by atoms with Crippen LogP contribution in [-0.2, 0) is 20.7 Å². The van der Waals surface area contributed by atoms with E-state index in [2.05, 4.69) is 0 Å². The molecule has 0 aromatic heterocycles. The Bertz CT molecular complexity index is 384. The normalized spacial score (nSPS) is 9.81. The third-order valence-corrected chi connectivity index (χ3v) is 2.01. The van der Waals surface area contributed by atoms with Gasteiger partial charge in [0.05, 0.1) is 6.61 Å². The fourth-order valence-corrected chi connectivity index (χ4v) is 1.18. The van der Waals surface area contributed by atoms with Crippen molar-refractivity contribution in [2.75, 3.05) is 6.61 Å². The number of phenols is 1. The van der Waals surface area contributed by atoms with Gasteiger partial charge in [0, 0.05) is 12.0 Å². The highest BCUT2D eigenvalue weighted by Crippen LogP contribution is 2.16. The lowest BCUT2D eigenvalue weighted by atomic mass is 10.1. The molecule has 0 atom stereocenters. The second-order valence-electron chi connectivity index (χ2n) is 3.36. The summed E-state index contributed by atoms with van der Waals surface area (Å²) in [7, 11) is 0. The summed E-state index contributed by atoms with van der Waals surface area (Å²) in [4.78, 5) is 22.5. The Kier molecular flexibility index (Phi) is 4.51. The number of para-hydroxylation sites is 1. The quantitative estimate of drug-likeness (QED) is 0.605. The number of benzene rings is 1. The monoisotopic (exact) mass is 222 g/mol. The van der Waals surface area contributed by atoms with E-state index in [1.54, 1.807) is 18.2 Å². The van der Waals surface area contributed by atoms with Crippen molar-refractivity contribution in [1.82, 2.24) is 0 Å². The van der Waals surface area contributed by atoms with Crippen LogP contribution in [0.5, 0.6) is 5.75 Å². The van der Waals surface area contributed by atoms with Gasteiger partial charge in [0.2, 0.25) is 5.78 Å². The molecule has 0 saturated heterocycles. The predicted molar refractivity (Wildman–Crippen MR) is 58.1 cm³/mol. The topological polar surface area (TPSA) is 63.6 Å². The van der Waals surface area contributed by atoms with E-state index in [0.717, 1.165) is 0 Å². The Hall–Kier alpha value is -1.84. The number of carbonyl (C=O) groups excluding carboxylic acids is 2. The van der Waals surface area contributed by atoms with Crippen molar-refractivity contribution in [2.45, 2.75) is 19.8 Å². The average Bonchev–Trinajstić information content (AvgIpc) is 2.28. The second-order valence-corrected chi connectivity index (χ2v) is 3.36. The molecule has 0 amide bonds. The van der Waals surface area contributed by atoms with Crippen LogP contribution in [0.15, 0.2) is 24.3 Å². The van der Waals surface area contributed by atoms with Gasteiger partial charge in [-0.15, -0.1) is 0 Å². The van der Waals surface area contributed by atoms with Gasteiger partial charge in [0.15, 0.2) is 0 Å². The molecule has 0 radical (unpaired) electrons. The first-order valence-electron chi connectivity index (χ1n) is 5.12. The first-order valence-corrected chi connectivity index (χ1v) is 5.12. The average molecular weight is 222 g/mol. The van der Waals surface area contributed by atoms with Crippen LogP contribution in [0.4, 0.5) is 0 Å². The van der Waals surface area contributed by atoms with Gasteiger partial charge in [-0.3, -0.25) is 4.79 Å². The van der Waals surface area contributed by atoms with Crippen LogP contribution in [-0.4, -0.2) is 23.5 Å². The maximum Gasteiger partial charge on any atom is 0.374 e. The van der Waals surface area contributed by atoms with Crippen LogP contribution in [0.1, 0.15) is 18.9 Å². The van der Waals surface area contributed by atoms with Crippen LogP contribution in [0, 0.1) is 0 Å². The number of esters is 1. The van der Waals surface area contributed by atoms with Crippen molar-refractivity contribution in [3.63, 3.8) is 0 Å². The van der Waals surface area contributed by atoms with Crippen LogP contribution in [0.2, 0.25) is 0 Å². The van der Waals surface area contributed by atoms with Gasteiger partial charge in [-0.2, -0.15) is 0 Å². The molecular formula is C12H14O4. The lowest BCUT2D eigenvalue weighted by Crippen LogP contribution is -2.19. The summed E-state index contributed by atoms with van der Waals surface area (Å²) in [6.07, 6.45) is 0.546. The number of hydrogen-bond donors (Lipinski definition) is 1. The van der Waals surface area contributed by atoms with Crippen molar-refractivity contribution in [1.29, 1.82) is 0 Å². The van der Waals surface area contributed by atoms with E-state index in [9.17, 15) is 14.7 Å². The van der Waals surface area contributed by atoms with Gasteiger partial charge < -0.3 is 9.84 Å². The molecule has 0 heterocycles. The lowest BCUT2D eigenvalue weighted by Gasteiger charge is -2.03. The minimum atomic E-state index is -0.842. The zero-order chi connectivity index (χ0) is 12.0. The van der Waals surface area contributed by atoms with Gasteiger partial charge >= 0.3 is 5.97 Å². The maximum atomic E-state index is 11.4. The van der Waals surface area contributed by atoms with E-state index in [4.69, 9.17) is 4.74 Å². The fraction of sp³-hybridized carbons (Fsp3) is 0.333. The molecule has 4 nitrogen and oxygen atoms in total. The van der Waals surface area contributed by atoms with Crippen molar-refractivity contribution in [2.24, 2.45) is 0 Å². The molecule has 0 fully saturated rings. The number of aromatic hydroxyl groups is 1. The van der Waals surface area contributed by atoms with E-state index < -0.39 is 11.8 Å². The number of hydrogen-bond acceptors (Lipinski definition) is 4. The molecule has 1 aromatic carbocycles. The number of phenolic OH excluding ortho intramolecular Hbond substituents is 1. The molecule has 0 unspecified atom stereocenters. The number of ketones is 1. The minimum Gasteiger partial charge on any atom is -0.508 e. The van der Waals surface area contributed by atoms with Crippen molar-refractivity contribution in [3.05, 3.63) is 29.8 Å². The Morgan fingerprint density at radius 1 is 1.31 bits per heavy atom. The van der Waals surface area contributed by atoms with Gasteiger partial charge in [-0.25, -0.2) is 4.79 Å². The molecule has 4 heteroatoms. The summed E-state index contributed by atoms with van der Waals surface area (Å²) in [6, 6.07) is 6.42. The van der Waals surface area contributed by atoms with Crippen molar-refractivity contribution < 1.29 is 19.4 Å². The van der Waals surface area contributed by atoms with Gasteiger partial charge in [-0.05, 0) is 12.5 Å². The lowest BCUT2D eigenvalue weighted by molar-refractivity contribution is -0.153. The van der Waals surface area contributed by atoms with E-state index in [1.165, 1.54) is 6.07 Å². The molecule has 0 aliphatic rings. The predicted octanol–water partition coefficient (Wildman–Crippen LogP) is 1.46. The zero-order valence-corrected chi connectivity index (χ0v) is 9.10. The molecule has 0 saturated carbocycles. The van der Waals surface area contributed by atoms with Gasteiger partial charge in [0.1, 0.15) is 5.75 Å². The number of carbonyl (C=O) groups is 2. The van der Waals surface area contributed by atoms with Crippen LogP contribution < -0.4 is 0 Å². The van der Waals surface area contributed by atoms with E-state index in [1.807, 2.05) is 6.92 Å². The van der Waals surface area contributed by atoms with Crippen LogP contribution in [0.25, 0.3) is 0 Å². The maximum absolute atomic E-state index is 11.4. The van der Waals surface area contributed by atoms with Gasteiger partial charge in [-0.1, -0.05) is 25.1 Å². The Balaban J connectivity index is 2.58. The molecule has 0 aliphatic heterocycles. The molecule has 0 aliphatic carbocycles. The highest BCUT2D eigenvalue weighted by atomic mass is 16.5. The van der Waals surface area contributed by atoms with E-state index in [-0.39, 0.29) is 18.8 Å². The summed E-state index contributed by atoms with van der Waals surface area (Å²) in [5.41, 5.74) is 0.431. The first kappa shape index (κ1) is 12.2. The van der Waals surface area contributed by atoms with Crippen molar-refractivity contribution >= 4 is 11.8 Å². The zero-order valence-electron chi connectivity index (χ0n) is 9.10. The summed E-state index contributed by atoms with van der Waals surface area (Å²) in [5, 5.41) is 9.41. The SMILES string of the molecule is CCCOC(=O)C(=O)Cc1ccccc1O. The van der Waals surface area contributed by atoms with Gasteiger partial charge in [0.25, 0.3) is 0 Å². The molecule has 0 spiro atoms. The third kappa shape index (κ3) is 3.38. The summed E-state index contributed by atoms with van der Waals surface area (Å²) >= 11 is 0. The molecule has 0 bridgehead atoms. The number of Topliss-reactive ketones (excluding diaryl/α,β-unsaturated/α-hetero) is 1. The molecule has 86 valence electrons. The largest absolute Gasteiger partial charge is 0.508 e. The summed E-state index contributed by atoms with van der Waals surface area (Å²) < 4.78 is 4.69. The highest BCUT2D eigenvalue weighted by molar-refractivity contribution is 6.34. The summed E-state index contributed by atoms with van der Waals surface area (Å²) in [5.74, 6) is -1.47. The Labute approximate surface area is 93.9 Å². The second kappa shape index (κ2) is 5.90. The first-order chi connectivity index (χ1) is 7.65.